The minimum Gasteiger partial charge on any atom is -0.335 e. The summed E-state index contributed by atoms with van der Waals surface area (Å²) in [6.07, 6.45) is 3.44. The maximum Gasteiger partial charge on any atom is 0.177 e. The third-order valence-electron chi connectivity index (χ3n) is 2.52. The molecule has 1 N–H and O–H groups in total. The molecule has 13 heavy (non-hydrogen) atoms. The van der Waals surface area contributed by atoms with Crippen LogP contribution in [0.2, 0.25) is 0 Å². The van der Waals surface area contributed by atoms with Crippen LogP contribution in [0.5, 0.6) is 0 Å². The van der Waals surface area contributed by atoms with E-state index < -0.39 is 0 Å². The fourth-order valence-electron chi connectivity index (χ4n) is 1.59. The topological polar surface area (TPSA) is 24.0 Å². The summed E-state index contributed by atoms with van der Waals surface area (Å²) in [5.74, 6) is 0. The van der Waals surface area contributed by atoms with E-state index in [0.29, 0.717) is 0 Å². The van der Waals surface area contributed by atoms with E-state index in [-0.39, 0.29) is 0 Å². The van der Waals surface area contributed by atoms with Crippen molar-refractivity contribution < 1.29 is 0 Å². The number of H-pyrrole nitrogens is 1. The summed E-state index contributed by atoms with van der Waals surface area (Å²) in [5.41, 5.74) is 1.15. The van der Waals surface area contributed by atoms with Crippen LogP contribution in [0.25, 0.3) is 0 Å². The largest absolute Gasteiger partial charge is 0.335 e. The second-order valence-electron chi connectivity index (χ2n) is 3.63. The van der Waals surface area contributed by atoms with E-state index in [4.69, 9.17) is 12.2 Å². The summed E-state index contributed by atoms with van der Waals surface area (Å²) in [5, 5.41) is 0. The van der Waals surface area contributed by atoms with Crippen LogP contribution < -0.4 is 0 Å². The zero-order chi connectivity index (χ0) is 9.26. The van der Waals surface area contributed by atoms with E-state index in [1.165, 1.54) is 19.5 Å². The van der Waals surface area contributed by atoms with Crippen LogP contribution in [0, 0.1) is 11.7 Å². The highest BCUT2D eigenvalue weighted by molar-refractivity contribution is 7.71. The van der Waals surface area contributed by atoms with Crippen molar-refractivity contribution in [1.82, 2.24) is 14.5 Å². The van der Waals surface area contributed by atoms with Gasteiger partial charge >= 0.3 is 0 Å². The Balaban J connectivity index is 1.93. The molecule has 2 rings (SSSR count). The third kappa shape index (κ3) is 2.00. The van der Waals surface area contributed by atoms with Crippen molar-refractivity contribution in [3.8, 4) is 0 Å². The Bertz CT molecular complexity index is 335. The molecule has 0 atom stereocenters. The monoisotopic (exact) mass is 197 g/mol. The molecule has 1 aromatic heterocycles. The zero-order valence-corrected chi connectivity index (χ0v) is 8.73. The van der Waals surface area contributed by atoms with Crippen LogP contribution in [0.3, 0.4) is 0 Å². The molecule has 0 radical (unpaired) electrons. The van der Waals surface area contributed by atoms with Gasteiger partial charge in [-0.25, -0.2) is 0 Å². The first-order valence-electron chi connectivity index (χ1n) is 4.74. The first kappa shape index (κ1) is 8.97. The Morgan fingerprint density at radius 3 is 2.69 bits per heavy atom. The maximum absolute atomic E-state index is 5.17. The molecule has 0 amide bonds. The molecule has 1 aromatic rings. The van der Waals surface area contributed by atoms with Crippen LogP contribution in [-0.4, -0.2) is 34.1 Å². The van der Waals surface area contributed by atoms with Gasteiger partial charge in [0.05, 0.1) is 0 Å². The molecule has 0 bridgehead atoms. The molecule has 0 aromatic carbocycles. The molecule has 1 fully saturated rings. The Labute approximate surface area is 83.4 Å². The molecule has 72 valence electrons. The number of nitrogens with zero attached hydrogens (tertiary/aromatic N) is 2. The molecular formula is C9H15N3S. The van der Waals surface area contributed by atoms with Gasteiger partial charge in [0.1, 0.15) is 0 Å². The summed E-state index contributed by atoms with van der Waals surface area (Å²) < 4.78 is 2.96. The number of hydrogen-bond donors (Lipinski definition) is 1. The van der Waals surface area contributed by atoms with Gasteiger partial charge < -0.3 is 14.5 Å². The fraction of sp³-hybridized carbons (Fsp3) is 0.667. The number of aryl methyl sites for hydroxylation is 1. The average molecular weight is 197 g/mol. The quantitative estimate of drug-likeness (QED) is 0.744. The van der Waals surface area contributed by atoms with Crippen molar-refractivity contribution in [2.24, 2.45) is 0 Å². The van der Waals surface area contributed by atoms with Gasteiger partial charge in [0.15, 0.2) is 4.77 Å². The number of aromatic amines is 1. The number of imidazole rings is 1. The highest BCUT2D eigenvalue weighted by Gasteiger charge is 2.12. The van der Waals surface area contributed by atoms with Crippen LogP contribution >= 0.6 is 12.2 Å². The van der Waals surface area contributed by atoms with E-state index in [0.717, 1.165) is 23.6 Å². The van der Waals surface area contributed by atoms with E-state index in [2.05, 4.69) is 20.6 Å². The average Bonchev–Trinajstić information content (AvgIpc) is 2.27. The molecule has 1 aliphatic heterocycles. The van der Waals surface area contributed by atoms with Gasteiger partial charge in [-0.05, 0) is 38.7 Å². The van der Waals surface area contributed by atoms with E-state index in [1.54, 1.807) is 0 Å². The molecule has 1 aliphatic rings. The molecule has 3 nitrogen and oxygen atoms in total. The highest BCUT2D eigenvalue weighted by Crippen LogP contribution is 2.06. The SMILES string of the molecule is Cc1cn(CCN2CCC2)c(=S)[nH]1. The van der Waals surface area contributed by atoms with Gasteiger partial charge in [-0.15, -0.1) is 0 Å². The van der Waals surface area contributed by atoms with Gasteiger partial charge in [0.2, 0.25) is 0 Å². The summed E-state index contributed by atoms with van der Waals surface area (Å²) in [6.45, 7) is 6.71. The Hall–Kier alpha value is -0.610. The first-order valence-corrected chi connectivity index (χ1v) is 5.15. The molecule has 4 heteroatoms. The number of aromatic nitrogens is 2. The fourth-order valence-corrected chi connectivity index (χ4v) is 1.89. The Morgan fingerprint density at radius 2 is 2.23 bits per heavy atom. The lowest BCUT2D eigenvalue weighted by atomic mass is 10.2. The van der Waals surface area contributed by atoms with Crippen molar-refractivity contribution in [2.75, 3.05) is 19.6 Å². The van der Waals surface area contributed by atoms with Gasteiger partial charge in [-0.1, -0.05) is 0 Å². The van der Waals surface area contributed by atoms with Gasteiger partial charge in [0.25, 0.3) is 0 Å². The first-order chi connectivity index (χ1) is 6.25. The van der Waals surface area contributed by atoms with Gasteiger partial charge in [0, 0.05) is 25.0 Å². The minimum absolute atomic E-state index is 0.845. The number of hydrogen-bond acceptors (Lipinski definition) is 2. The number of nitrogens with one attached hydrogen (secondary N) is 1. The third-order valence-corrected chi connectivity index (χ3v) is 2.86. The Morgan fingerprint density at radius 1 is 1.46 bits per heavy atom. The molecule has 0 unspecified atom stereocenters. The second-order valence-corrected chi connectivity index (χ2v) is 4.02. The van der Waals surface area contributed by atoms with Crippen molar-refractivity contribution >= 4 is 12.2 Å². The molecule has 0 saturated carbocycles. The van der Waals surface area contributed by atoms with Crippen LogP contribution in [0.15, 0.2) is 6.20 Å². The van der Waals surface area contributed by atoms with E-state index in [1.807, 2.05) is 6.92 Å². The lowest BCUT2D eigenvalue weighted by Crippen LogP contribution is -2.39. The predicted octanol–water partition coefficient (Wildman–Crippen LogP) is 1.56. The van der Waals surface area contributed by atoms with Crippen LogP contribution in [0.4, 0.5) is 0 Å². The second kappa shape index (κ2) is 3.64. The van der Waals surface area contributed by atoms with E-state index in [9.17, 15) is 0 Å². The maximum atomic E-state index is 5.17. The standard InChI is InChI=1S/C9H15N3S/c1-8-7-12(9(13)10-8)6-5-11-3-2-4-11/h7H,2-6H2,1H3,(H,10,13). The molecule has 0 aliphatic carbocycles. The van der Waals surface area contributed by atoms with E-state index >= 15 is 0 Å². The van der Waals surface area contributed by atoms with Gasteiger partial charge in [-0.3, -0.25) is 0 Å². The summed E-state index contributed by atoms with van der Waals surface area (Å²) in [7, 11) is 0. The molecule has 2 heterocycles. The van der Waals surface area contributed by atoms with Crippen molar-refractivity contribution in [3.63, 3.8) is 0 Å². The smallest absolute Gasteiger partial charge is 0.177 e. The summed E-state index contributed by atoms with van der Waals surface area (Å²) in [4.78, 5) is 5.58. The van der Waals surface area contributed by atoms with Crippen molar-refractivity contribution in [3.05, 3.63) is 16.7 Å². The summed E-state index contributed by atoms with van der Waals surface area (Å²) in [6, 6.07) is 0. The van der Waals surface area contributed by atoms with Crippen LogP contribution in [-0.2, 0) is 6.54 Å². The normalized spacial score (nSPS) is 17.3. The zero-order valence-electron chi connectivity index (χ0n) is 7.92. The minimum atomic E-state index is 0.845. The van der Waals surface area contributed by atoms with Crippen molar-refractivity contribution in [1.29, 1.82) is 0 Å². The molecule has 0 spiro atoms. The summed E-state index contributed by atoms with van der Waals surface area (Å²) >= 11 is 5.17. The molecular weight excluding hydrogens is 182 g/mol. The Kier molecular flexibility index (Phi) is 2.51. The molecule has 1 saturated heterocycles. The lowest BCUT2D eigenvalue weighted by molar-refractivity contribution is 0.174. The van der Waals surface area contributed by atoms with Gasteiger partial charge in [-0.2, -0.15) is 0 Å². The highest BCUT2D eigenvalue weighted by atomic mass is 32.1. The predicted molar refractivity (Wildman–Crippen MR) is 55.4 cm³/mol. The lowest BCUT2D eigenvalue weighted by Gasteiger charge is -2.30. The van der Waals surface area contributed by atoms with Crippen LogP contribution in [0.1, 0.15) is 12.1 Å². The van der Waals surface area contributed by atoms with Crippen molar-refractivity contribution in [2.45, 2.75) is 19.9 Å². The number of likely N-dealkylation sites (tertiary alicyclic amines) is 1. The number of rotatable bonds is 3.